The van der Waals surface area contributed by atoms with Crippen LogP contribution in [-0.2, 0) is 60.6 Å². The van der Waals surface area contributed by atoms with E-state index in [2.05, 4.69) is 30.6 Å². The number of nitrogens with zero attached hydrogens (tertiary/aromatic N) is 2. The second-order valence-corrected chi connectivity index (χ2v) is 29.3. The van der Waals surface area contributed by atoms with E-state index < -0.39 is 0 Å². The lowest BCUT2D eigenvalue weighted by Crippen LogP contribution is -2.36. The first-order valence-corrected chi connectivity index (χ1v) is 39.9. The van der Waals surface area contributed by atoms with Crippen molar-refractivity contribution in [2.75, 3.05) is 70.6 Å². The molecule has 2 aromatic carbocycles. The molecule has 528 valence electrons. The van der Waals surface area contributed by atoms with Crippen LogP contribution in [0.5, 0.6) is 11.5 Å². The Hall–Kier alpha value is -4.12. The Morgan fingerprint density at radius 1 is 0.387 bits per heavy atom. The van der Waals surface area contributed by atoms with Gasteiger partial charge in [0.05, 0.1) is 32.7 Å². The van der Waals surface area contributed by atoms with Crippen molar-refractivity contribution in [1.29, 1.82) is 0 Å². The summed E-state index contributed by atoms with van der Waals surface area (Å²) in [5, 5.41) is 0. The average molecular weight is 1340 g/mol. The molecular weight excluding hydrogens is 1210 g/mol. The van der Waals surface area contributed by atoms with Crippen molar-refractivity contribution in [3.63, 3.8) is 0 Å². The summed E-state index contributed by atoms with van der Waals surface area (Å²) < 4.78 is 33.7. The molecule has 16 heteroatoms. The number of hydrogen-bond donors (Lipinski definition) is 0. The van der Waals surface area contributed by atoms with Crippen LogP contribution in [0.4, 0.5) is 0 Å². The fraction of sp³-hybridized carbons (Fsp3) is 0.766. The van der Waals surface area contributed by atoms with E-state index in [0.717, 1.165) is 203 Å². The molecule has 14 nitrogen and oxygen atoms in total. The number of likely N-dealkylation sites (tertiary alicyclic amines) is 2. The van der Waals surface area contributed by atoms with Gasteiger partial charge in [0, 0.05) is 50.3 Å². The summed E-state index contributed by atoms with van der Waals surface area (Å²) in [4.78, 5) is 80.2. The maximum absolute atomic E-state index is 12.8. The first-order valence-electron chi connectivity index (χ1n) is 37.5. The molecule has 0 radical (unpaired) electrons. The minimum atomic E-state index is -0.263. The summed E-state index contributed by atoms with van der Waals surface area (Å²) in [6, 6.07) is 14.2. The third-order valence-electron chi connectivity index (χ3n) is 18.4. The highest BCUT2D eigenvalue weighted by atomic mass is 33.1. The largest absolute Gasteiger partial charge is 0.466 e. The zero-order valence-electron chi connectivity index (χ0n) is 58.4. The fourth-order valence-electron chi connectivity index (χ4n) is 12.4. The molecule has 2 heterocycles. The number of benzene rings is 2. The standard InChI is InChI=1S/C77H126N2O12S2/c1-4-7-10-13-18-25-32-69(33-26-19-14-11-8-5-2)89-73(81)35-28-22-17-23-30-37-75(83)91-71-44-40-68(41-45-71)64-77(85)88-60-51-66-48-54-79(55-49-66)57-62-93-92-61-56-78-52-46-65(47-53-78)50-59-87-76(84)63-67-38-42-70(43-39-67)90-74(82)36-29-21-16-20-27-34-72(80)86-58-31-24-15-12-9-6-3/h38-45,65-66,69H,4-37,46-64H2,1-3H3. The van der Waals surface area contributed by atoms with Gasteiger partial charge in [-0.2, -0.15) is 0 Å². The van der Waals surface area contributed by atoms with Gasteiger partial charge in [0.2, 0.25) is 0 Å². The van der Waals surface area contributed by atoms with Crippen molar-refractivity contribution in [3.05, 3.63) is 59.7 Å². The summed E-state index contributed by atoms with van der Waals surface area (Å²) in [7, 11) is 3.95. The van der Waals surface area contributed by atoms with Gasteiger partial charge in [-0.05, 0) is 170 Å². The number of esters is 6. The quantitative estimate of drug-likeness (QED) is 0.0202. The van der Waals surface area contributed by atoms with Crippen molar-refractivity contribution in [2.45, 2.75) is 297 Å². The van der Waals surface area contributed by atoms with Crippen molar-refractivity contribution in [1.82, 2.24) is 9.80 Å². The van der Waals surface area contributed by atoms with Gasteiger partial charge in [0.25, 0.3) is 0 Å². The Labute approximate surface area is 571 Å². The summed E-state index contributed by atoms with van der Waals surface area (Å²) >= 11 is 0. The van der Waals surface area contributed by atoms with Gasteiger partial charge in [-0.25, -0.2) is 0 Å². The highest BCUT2D eigenvalue weighted by molar-refractivity contribution is 8.76. The number of piperidine rings is 2. The normalized spacial score (nSPS) is 14.1. The predicted octanol–water partition coefficient (Wildman–Crippen LogP) is 18.7. The van der Waals surface area contributed by atoms with Crippen LogP contribution in [0.1, 0.15) is 289 Å². The smallest absolute Gasteiger partial charge is 0.311 e. The molecule has 0 atom stereocenters. The van der Waals surface area contributed by atoms with Crippen LogP contribution in [0.25, 0.3) is 0 Å². The molecule has 0 unspecified atom stereocenters. The number of rotatable bonds is 57. The van der Waals surface area contributed by atoms with E-state index >= 15 is 0 Å². The van der Waals surface area contributed by atoms with Crippen molar-refractivity contribution in [2.24, 2.45) is 11.8 Å². The van der Waals surface area contributed by atoms with Gasteiger partial charge in [-0.1, -0.05) is 201 Å². The maximum Gasteiger partial charge on any atom is 0.311 e. The molecular formula is C77H126N2O12S2. The van der Waals surface area contributed by atoms with Crippen LogP contribution in [0.15, 0.2) is 48.5 Å². The van der Waals surface area contributed by atoms with Crippen LogP contribution in [0.3, 0.4) is 0 Å². The number of ether oxygens (including phenoxy) is 6. The lowest BCUT2D eigenvalue weighted by molar-refractivity contribution is -0.150. The molecule has 0 bridgehead atoms. The molecule has 93 heavy (non-hydrogen) atoms. The number of carbonyl (C=O) groups excluding carboxylic acids is 6. The van der Waals surface area contributed by atoms with Crippen molar-refractivity contribution in [3.8, 4) is 11.5 Å². The van der Waals surface area contributed by atoms with Crippen LogP contribution in [-0.4, -0.2) is 122 Å². The number of unbranched alkanes of at least 4 members (excludes halogenated alkanes) is 23. The molecule has 0 N–H and O–H groups in total. The van der Waals surface area contributed by atoms with Crippen LogP contribution >= 0.6 is 21.6 Å². The monoisotopic (exact) mass is 1330 g/mol. The average Bonchev–Trinajstić information content (AvgIpc) is 3.77. The molecule has 0 saturated carbocycles. The Morgan fingerprint density at radius 3 is 1.12 bits per heavy atom. The highest BCUT2D eigenvalue weighted by Crippen LogP contribution is 2.27. The summed E-state index contributed by atoms with van der Waals surface area (Å²) in [5.41, 5.74) is 1.66. The van der Waals surface area contributed by atoms with Gasteiger partial charge in [0.15, 0.2) is 0 Å². The lowest BCUT2D eigenvalue weighted by atomic mass is 9.94. The van der Waals surface area contributed by atoms with E-state index in [4.69, 9.17) is 28.4 Å². The van der Waals surface area contributed by atoms with Gasteiger partial charge in [0.1, 0.15) is 17.6 Å². The molecule has 0 aromatic heterocycles. The van der Waals surface area contributed by atoms with Crippen molar-refractivity contribution < 1.29 is 57.2 Å². The van der Waals surface area contributed by atoms with E-state index in [1.165, 1.54) is 89.9 Å². The molecule has 0 aliphatic carbocycles. The molecule has 0 spiro atoms. The summed E-state index contributed by atoms with van der Waals surface area (Å²) in [5.74, 6) is 3.18. The third-order valence-corrected chi connectivity index (χ3v) is 20.8. The van der Waals surface area contributed by atoms with Crippen LogP contribution < -0.4 is 9.47 Å². The predicted molar refractivity (Wildman–Crippen MR) is 381 cm³/mol. The topological polar surface area (TPSA) is 164 Å². The van der Waals surface area contributed by atoms with E-state index in [1.54, 1.807) is 24.3 Å². The number of carbonyl (C=O) groups is 6. The number of hydrogen-bond acceptors (Lipinski definition) is 16. The molecule has 2 aromatic rings. The second kappa shape index (κ2) is 54.9. The molecule has 0 amide bonds. The molecule has 2 aliphatic heterocycles. The van der Waals surface area contributed by atoms with Gasteiger partial charge in [-0.3, -0.25) is 28.8 Å². The van der Waals surface area contributed by atoms with E-state index in [1.807, 2.05) is 45.9 Å². The maximum atomic E-state index is 12.8. The summed E-state index contributed by atoms with van der Waals surface area (Å²) in [6.45, 7) is 14.7. The van der Waals surface area contributed by atoms with E-state index in [-0.39, 0.29) is 54.8 Å². The highest BCUT2D eigenvalue weighted by Gasteiger charge is 2.22. The SMILES string of the molecule is CCCCCCCCOC(=O)CCCCCCCC(=O)Oc1ccc(CC(=O)OCCC2CCN(CCSSCCN3CCC(CCOC(=O)Cc4ccc(OC(=O)CCCCCCCC(=O)OC(CCCCCCCC)CCCCCCCC)cc4)CC3)CC2)cc1. The molecule has 4 rings (SSSR count). The molecule has 2 aliphatic rings. The Balaban J connectivity index is 0.902. The Bertz CT molecular complexity index is 2220. The zero-order chi connectivity index (χ0) is 66.5. The second-order valence-electron chi connectivity index (χ2n) is 26.6. The first-order chi connectivity index (χ1) is 45.5. The minimum absolute atomic E-state index is 0.0542. The first kappa shape index (κ1) is 81.3. The Morgan fingerprint density at radius 2 is 0.720 bits per heavy atom. The summed E-state index contributed by atoms with van der Waals surface area (Å²) in [6.07, 6.45) is 41.2. The van der Waals surface area contributed by atoms with Gasteiger partial charge >= 0.3 is 35.8 Å². The van der Waals surface area contributed by atoms with E-state index in [0.29, 0.717) is 68.8 Å². The van der Waals surface area contributed by atoms with Gasteiger partial charge < -0.3 is 38.2 Å². The van der Waals surface area contributed by atoms with E-state index in [9.17, 15) is 28.8 Å². The third kappa shape index (κ3) is 43.6. The minimum Gasteiger partial charge on any atom is -0.466 e. The van der Waals surface area contributed by atoms with Crippen molar-refractivity contribution >= 4 is 57.4 Å². The Kier molecular flexibility index (Phi) is 48.0. The van der Waals surface area contributed by atoms with Crippen LogP contribution in [0.2, 0.25) is 0 Å². The van der Waals surface area contributed by atoms with Gasteiger partial charge in [-0.15, -0.1) is 0 Å². The lowest BCUT2D eigenvalue weighted by Gasteiger charge is -2.32. The molecule has 2 fully saturated rings. The molecule has 2 saturated heterocycles. The van der Waals surface area contributed by atoms with Crippen LogP contribution in [0, 0.1) is 11.8 Å². The zero-order valence-corrected chi connectivity index (χ0v) is 60.1. The fourth-order valence-corrected chi connectivity index (χ4v) is 14.4.